The van der Waals surface area contributed by atoms with Crippen LogP contribution in [-0.4, -0.2) is 28.3 Å². The van der Waals surface area contributed by atoms with Crippen LogP contribution in [0.3, 0.4) is 0 Å². The number of thioether (sulfide) groups is 1. The monoisotopic (exact) mass is 557 g/mol. The van der Waals surface area contributed by atoms with E-state index in [2.05, 4.69) is 51.8 Å². The summed E-state index contributed by atoms with van der Waals surface area (Å²) in [4.78, 5) is 14.6. The minimum absolute atomic E-state index is 0.0776. The molecule has 1 amide bonds. The standard InChI is InChI=1S/C15H13I2NO2S2/c1-3-5-18-14(19)12(22-15(18)21)7-9-6-10(16)8-11(17)13(9)20-4-2/h3,6-8H,1,4-5H2,2H3/b12-7-. The third kappa shape index (κ3) is 4.04. The lowest BCUT2D eigenvalue weighted by Crippen LogP contribution is -2.27. The molecule has 0 unspecified atom stereocenters. The van der Waals surface area contributed by atoms with Crippen molar-refractivity contribution in [3.8, 4) is 5.75 Å². The van der Waals surface area contributed by atoms with Crippen molar-refractivity contribution in [2.24, 2.45) is 0 Å². The van der Waals surface area contributed by atoms with E-state index in [4.69, 9.17) is 17.0 Å². The van der Waals surface area contributed by atoms with E-state index in [1.807, 2.05) is 25.1 Å². The van der Waals surface area contributed by atoms with Crippen LogP contribution >= 0.6 is 69.2 Å². The van der Waals surface area contributed by atoms with E-state index in [1.54, 1.807) is 11.0 Å². The quantitative estimate of drug-likeness (QED) is 0.228. The number of carbonyl (C=O) groups excluding carboxylic acids is 1. The van der Waals surface area contributed by atoms with Crippen LogP contribution in [0.1, 0.15) is 12.5 Å². The van der Waals surface area contributed by atoms with E-state index in [0.717, 1.165) is 18.5 Å². The summed E-state index contributed by atoms with van der Waals surface area (Å²) in [5.74, 6) is 0.726. The Hall–Kier alpha value is -0.130. The first-order valence-electron chi connectivity index (χ1n) is 6.46. The molecule has 0 bridgehead atoms. The normalized spacial score (nSPS) is 16.5. The van der Waals surface area contributed by atoms with Gasteiger partial charge in [0.1, 0.15) is 10.1 Å². The summed E-state index contributed by atoms with van der Waals surface area (Å²) in [7, 11) is 0. The average Bonchev–Trinajstić information content (AvgIpc) is 2.71. The maximum atomic E-state index is 12.4. The highest BCUT2D eigenvalue weighted by atomic mass is 127. The fraction of sp³-hybridized carbons (Fsp3) is 0.200. The zero-order valence-corrected chi connectivity index (χ0v) is 17.7. The average molecular weight is 557 g/mol. The van der Waals surface area contributed by atoms with Crippen molar-refractivity contribution in [3.63, 3.8) is 0 Å². The van der Waals surface area contributed by atoms with Crippen molar-refractivity contribution in [3.05, 3.63) is 42.4 Å². The molecule has 0 N–H and O–H groups in total. The summed E-state index contributed by atoms with van der Waals surface area (Å²) in [6.45, 7) is 6.62. The predicted octanol–water partition coefficient (Wildman–Crippen LogP) is 4.68. The van der Waals surface area contributed by atoms with Crippen molar-refractivity contribution < 1.29 is 9.53 Å². The van der Waals surface area contributed by atoms with Crippen LogP contribution in [0, 0.1) is 7.14 Å². The molecule has 22 heavy (non-hydrogen) atoms. The zero-order valence-electron chi connectivity index (χ0n) is 11.8. The van der Waals surface area contributed by atoms with Crippen molar-refractivity contribution in [1.82, 2.24) is 4.90 Å². The Morgan fingerprint density at radius 3 is 2.82 bits per heavy atom. The van der Waals surface area contributed by atoms with Gasteiger partial charge in [0.25, 0.3) is 5.91 Å². The molecule has 3 nitrogen and oxygen atoms in total. The van der Waals surface area contributed by atoms with Crippen molar-refractivity contribution >= 4 is 85.5 Å². The highest BCUT2D eigenvalue weighted by Gasteiger charge is 2.31. The number of rotatable bonds is 5. The molecule has 0 radical (unpaired) electrons. The Kier molecular flexibility index (Phi) is 6.72. The van der Waals surface area contributed by atoms with Crippen molar-refractivity contribution in [2.75, 3.05) is 13.2 Å². The molecule has 1 aliphatic rings. The van der Waals surface area contributed by atoms with Gasteiger partial charge >= 0.3 is 0 Å². The molecule has 0 atom stereocenters. The summed E-state index contributed by atoms with van der Waals surface area (Å²) in [5.41, 5.74) is 0.900. The maximum absolute atomic E-state index is 12.4. The van der Waals surface area contributed by atoms with Gasteiger partial charge in [-0.25, -0.2) is 0 Å². The number of hydrogen-bond acceptors (Lipinski definition) is 4. The van der Waals surface area contributed by atoms with Gasteiger partial charge in [-0.1, -0.05) is 30.1 Å². The summed E-state index contributed by atoms with van der Waals surface area (Å²) >= 11 is 11.1. The van der Waals surface area contributed by atoms with Gasteiger partial charge in [0.15, 0.2) is 0 Å². The molecular weight excluding hydrogens is 544 g/mol. The molecule has 1 heterocycles. The lowest BCUT2D eigenvalue weighted by atomic mass is 10.2. The van der Waals surface area contributed by atoms with Crippen LogP contribution in [0.25, 0.3) is 6.08 Å². The number of halogens is 2. The van der Waals surface area contributed by atoms with Crippen LogP contribution in [0.15, 0.2) is 29.7 Å². The van der Waals surface area contributed by atoms with Gasteiger partial charge in [0.2, 0.25) is 0 Å². The number of amides is 1. The SMILES string of the molecule is C=CCN1C(=O)/C(=C/c2cc(I)cc(I)c2OCC)SC1=S. The molecule has 1 saturated heterocycles. The number of hydrogen-bond donors (Lipinski definition) is 0. The third-order valence-corrected chi connectivity index (χ3v) is 5.60. The molecule has 7 heteroatoms. The number of nitrogens with zero attached hydrogens (tertiary/aromatic N) is 1. The van der Waals surface area contributed by atoms with Crippen LogP contribution < -0.4 is 4.74 Å². The van der Waals surface area contributed by atoms with E-state index in [0.29, 0.717) is 22.4 Å². The zero-order chi connectivity index (χ0) is 16.3. The fourth-order valence-electron chi connectivity index (χ4n) is 1.91. The van der Waals surface area contributed by atoms with E-state index in [9.17, 15) is 4.79 Å². The summed E-state index contributed by atoms with van der Waals surface area (Å²) in [6, 6.07) is 4.06. The molecule has 2 rings (SSSR count). The molecule has 0 aliphatic carbocycles. The molecular formula is C15H13I2NO2S2. The molecule has 1 aliphatic heterocycles. The van der Waals surface area contributed by atoms with Crippen LogP contribution in [0.4, 0.5) is 0 Å². The Labute approximate surface area is 166 Å². The number of thiocarbonyl (C=S) groups is 1. The van der Waals surface area contributed by atoms with Gasteiger partial charge in [-0.3, -0.25) is 9.69 Å². The van der Waals surface area contributed by atoms with Gasteiger partial charge in [-0.15, -0.1) is 6.58 Å². The van der Waals surface area contributed by atoms with E-state index >= 15 is 0 Å². The lowest BCUT2D eigenvalue weighted by molar-refractivity contribution is -0.121. The van der Waals surface area contributed by atoms with Crippen molar-refractivity contribution in [1.29, 1.82) is 0 Å². The van der Waals surface area contributed by atoms with E-state index in [1.165, 1.54) is 11.8 Å². The van der Waals surface area contributed by atoms with Gasteiger partial charge < -0.3 is 4.74 Å². The van der Waals surface area contributed by atoms with E-state index in [-0.39, 0.29) is 5.91 Å². The molecule has 0 aromatic heterocycles. The van der Waals surface area contributed by atoms with Crippen LogP contribution in [0.2, 0.25) is 0 Å². The number of ether oxygens (including phenoxy) is 1. The topological polar surface area (TPSA) is 29.5 Å². The third-order valence-electron chi connectivity index (χ3n) is 2.80. The molecule has 0 saturated carbocycles. The second-order valence-electron chi connectivity index (χ2n) is 4.32. The number of carbonyl (C=O) groups is 1. The highest BCUT2D eigenvalue weighted by molar-refractivity contribution is 14.1. The summed E-state index contributed by atoms with van der Waals surface area (Å²) < 4.78 is 8.42. The van der Waals surface area contributed by atoms with E-state index < -0.39 is 0 Å². The lowest BCUT2D eigenvalue weighted by Gasteiger charge is -2.11. The first-order valence-corrected chi connectivity index (χ1v) is 9.84. The Bertz CT molecular complexity index is 674. The molecule has 1 aromatic carbocycles. The Balaban J connectivity index is 2.43. The second-order valence-corrected chi connectivity index (χ2v) is 8.40. The van der Waals surface area contributed by atoms with Crippen molar-refractivity contribution in [2.45, 2.75) is 6.92 Å². The van der Waals surface area contributed by atoms with Gasteiger partial charge in [-0.05, 0) is 70.3 Å². The predicted molar refractivity (Wildman–Crippen MR) is 113 cm³/mol. The molecule has 116 valence electrons. The first kappa shape index (κ1) is 18.2. The minimum Gasteiger partial charge on any atom is -0.492 e. The highest BCUT2D eigenvalue weighted by Crippen LogP contribution is 2.36. The molecule has 1 fully saturated rings. The summed E-state index contributed by atoms with van der Waals surface area (Å²) in [6.07, 6.45) is 3.53. The Morgan fingerprint density at radius 2 is 2.18 bits per heavy atom. The van der Waals surface area contributed by atoms with Gasteiger partial charge in [0, 0.05) is 15.7 Å². The Morgan fingerprint density at radius 1 is 1.45 bits per heavy atom. The smallest absolute Gasteiger partial charge is 0.266 e. The van der Waals surface area contributed by atoms with Gasteiger partial charge in [-0.2, -0.15) is 0 Å². The molecule has 0 spiro atoms. The fourth-order valence-corrected chi connectivity index (χ4v) is 5.22. The van der Waals surface area contributed by atoms with Gasteiger partial charge in [0.05, 0.1) is 15.1 Å². The minimum atomic E-state index is -0.0776. The first-order chi connectivity index (χ1) is 10.5. The second kappa shape index (κ2) is 8.11. The largest absolute Gasteiger partial charge is 0.492 e. The van der Waals surface area contributed by atoms with Crippen LogP contribution in [0.5, 0.6) is 5.75 Å². The maximum Gasteiger partial charge on any atom is 0.266 e. The summed E-state index contributed by atoms with van der Waals surface area (Å²) in [5, 5.41) is 0. The van der Waals surface area contributed by atoms with Crippen LogP contribution in [-0.2, 0) is 4.79 Å². The number of benzene rings is 1. The molecule has 1 aromatic rings.